The maximum atomic E-state index is 12.5. The minimum Gasteiger partial charge on any atom is -0.279 e. The van der Waals surface area contributed by atoms with Crippen LogP contribution in [0.15, 0.2) is 59.6 Å². The van der Waals surface area contributed by atoms with Gasteiger partial charge in [0.25, 0.3) is 5.91 Å². The predicted molar refractivity (Wildman–Crippen MR) is 101 cm³/mol. The van der Waals surface area contributed by atoms with E-state index in [0.29, 0.717) is 22.6 Å². The molecule has 130 valence electrons. The van der Waals surface area contributed by atoms with Crippen molar-refractivity contribution in [3.05, 3.63) is 65.2 Å². The molecule has 4 nitrogen and oxygen atoms in total. The molecule has 1 amide bonds. The first-order valence-corrected chi connectivity index (χ1v) is 9.14. The van der Waals surface area contributed by atoms with Crippen molar-refractivity contribution in [1.82, 2.24) is 5.32 Å². The van der Waals surface area contributed by atoms with E-state index in [0.717, 1.165) is 18.5 Å². The van der Waals surface area contributed by atoms with Crippen LogP contribution in [0.5, 0.6) is 0 Å². The first kappa shape index (κ1) is 17.6. The van der Waals surface area contributed by atoms with Gasteiger partial charge in [0.1, 0.15) is 0 Å². The average Bonchev–Trinajstić information content (AvgIpc) is 2.65. The van der Waals surface area contributed by atoms with Gasteiger partial charge in [-0.2, -0.15) is 4.99 Å². The molecule has 1 saturated carbocycles. The number of hydrogen-bond donors (Lipinski definition) is 2. The Morgan fingerprint density at radius 3 is 2.36 bits per heavy atom. The van der Waals surface area contributed by atoms with Gasteiger partial charge in [-0.3, -0.25) is 15.4 Å². The van der Waals surface area contributed by atoms with Crippen LogP contribution in [0.1, 0.15) is 42.5 Å². The van der Waals surface area contributed by atoms with Crippen molar-refractivity contribution < 1.29 is 10.1 Å². The topological polar surface area (TPSA) is 58.1 Å². The number of halogens is 1. The lowest BCUT2D eigenvalue weighted by atomic mass is 9.96. The van der Waals surface area contributed by atoms with Crippen LogP contribution in [0.2, 0.25) is 5.02 Å². The molecule has 0 atom stereocenters. The second kappa shape index (κ2) is 8.79. The minimum atomic E-state index is -0.139. The van der Waals surface area contributed by atoms with Gasteiger partial charge < -0.3 is 0 Å². The van der Waals surface area contributed by atoms with Crippen LogP contribution in [0.25, 0.3) is 0 Å². The number of amides is 1. The fraction of sp³-hybridized carbons (Fsp3) is 0.300. The van der Waals surface area contributed by atoms with Crippen LogP contribution >= 0.6 is 11.6 Å². The summed E-state index contributed by atoms with van der Waals surface area (Å²) >= 11 is 5.94. The van der Waals surface area contributed by atoms with Crippen LogP contribution in [-0.4, -0.2) is 17.9 Å². The van der Waals surface area contributed by atoms with E-state index in [1.807, 2.05) is 30.3 Å². The van der Waals surface area contributed by atoms with E-state index in [1.54, 1.807) is 24.3 Å². The lowest BCUT2D eigenvalue weighted by molar-refractivity contribution is -0.587. The SMILES string of the molecule is O=C(NC(=Nc1ccc(Cl)cc1)[NH2+]C1CCCCC1)c1ccccc1. The maximum absolute atomic E-state index is 12.5. The van der Waals surface area contributed by atoms with Crippen molar-refractivity contribution in [2.24, 2.45) is 4.99 Å². The first-order valence-electron chi connectivity index (χ1n) is 8.76. The van der Waals surface area contributed by atoms with Crippen molar-refractivity contribution in [1.29, 1.82) is 0 Å². The second-order valence-electron chi connectivity index (χ2n) is 6.36. The van der Waals surface area contributed by atoms with Gasteiger partial charge in [0.15, 0.2) is 0 Å². The number of nitrogens with zero attached hydrogens (tertiary/aromatic N) is 1. The lowest BCUT2D eigenvalue weighted by Gasteiger charge is -2.20. The van der Waals surface area contributed by atoms with Crippen LogP contribution in [0, 0.1) is 0 Å². The monoisotopic (exact) mass is 356 g/mol. The Morgan fingerprint density at radius 2 is 1.68 bits per heavy atom. The van der Waals surface area contributed by atoms with E-state index in [1.165, 1.54) is 19.3 Å². The number of guanidine groups is 1. The summed E-state index contributed by atoms with van der Waals surface area (Å²) in [6.07, 6.45) is 6.08. The number of aliphatic imine (C=N–C) groups is 1. The summed E-state index contributed by atoms with van der Waals surface area (Å²) in [5.74, 6) is 0.475. The molecule has 0 unspecified atom stereocenters. The van der Waals surface area contributed by atoms with Crippen molar-refractivity contribution >= 4 is 29.2 Å². The largest absolute Gasteiger partial charge is 0.306 e. The van der Waals surface area contributed by atoms with Crippen molar-refractivity contribution in [2.75, 3.05) is 0 Å². The van der Waals surface area contributed by atoms with Crippen LogP contribution in [-0.2, 0) is 0 Å². The Kier molecular flexibility index (Phi) is 6.20. The molecule has 0 aliphatic heterocycles. The molecule has 0 saturated heterocycles. The summed E-state index contributed by atoms with van der Waals surface area (Å²) in [4.78, 5) is 17.1. The highest BCUT2D eigenvalue weighted by atomic mass is 35.5. The molecule has 0 radical (unpaired) electrons. The van der Waals surface area contributed by atoms with Gasteiger partial charge in [-0.1, -0.05) is 36.2 Å². The van der Waals surface area contributed by atoms with Crippen LogP contribution in [0.4, 0.5) is 5.69 Å². The molecular weight excluding hydrogens is 334 g/mol. The van der Waals surface area contributed by atoms with Gasteiger partial charge in [0.05, 0.1) is 11.7 Å². The highest BCUT2D eigenvalue weighted by Crippen LogP contribution is 2.17. The average molecular weight is 357 g/mol. The normalized spacial score (nSPS) is 15.8. The van der Waals surface area contributed by atoms with Crippen molar-refractivity contribution in [2.45, 2.75) is 38.1 Å². The van der Waals surface area contributed by atoms with E-state index in [9.17, 15) is 4.79 Å². The Morgan fingerprint density at radius 1 is 1.00 bits per heavy atom. The maximum Gasteiger partial charge on any atom is 0.306 e. The fourth-order valence-corrected chi connectivity index (χ4v) is 3.19. The number of carbonyl (C=O) groups is 1. The molecule has 1 aliphatic rings. The zero-order chi connectivity index (χ0) is 17.5. The molecule has 1 aliphatic carbocycles. The number of benzene rings is 2. The third-order valence-electron chi connectivity index (χ3n) is 4.40. The molecular formula is C20H23ClN3O+. The summed E-state index contributed by atoms with van der Waals surface area (Å²) in [6, 6.07) is 17.0. The predicted octanol–water partition coefficient (Wildman–Crippen LogP) is 3.65. The summed E-state index contributed by atoms with van der Waals surface area (Å²) in [7, 11) is 0. The van der Waals surface area contributed by atoms with Gasteiger partial charge in [0.2, 0.25) is 0 Å². The number of nitrogens with two attached hydrogens (primary N) is 1. The van der Waals surface area contributed by atoms with Crippen LogP contribution < -0.4 is 10.6 Å². The molecule has 5 heteroatoms. The van der Waals surface area contributed by atoms with E-state index in [2.05, 4.69) is 15.6 Å². The zero-order valence-electron chi connectivity index (χ0n) is 14.1. The van der Waals surface area contributed by atoms with E-state index in [-0.39, 0.29) is 5.91 Å². The third kappa shape index (κ3) is 5.41. The van der Waals surface area contributed by atoms with E-state index < -0.39 is 0 Å². The first-order chi connectivity index (χ1) is 12.2. The molecule has 2 aromatic carbocycles. The summed E-state index contributed by atoms with van der Waals surface area (Å²) < 4.78 is 0. The molecule has 25 heavy (non-hydrogen) atoms. The second-order valence-corrected chi connectivity index (χ2v) is 6.79. The van der Waals surface area contributed by atoms with Crippen molar-refractivity contribution in [3.63, 3.8) is 0 Å². The van der Waals surface area contributed by atoms with E-state index >= 15 is 0 Å². The van der Waals surface area contributed by atoms with Gasteiger partial charge in [0, 0.05) is 10.6 Å². The minimum absolute atomic E-state index is 0.139. The summed E-state index contributed by atoms with van der Waals surface area (Å²) in [5, 5.41) is 5.74. The van der Waals surface area contributed by atoms with Crippen LogP contribution in [0.3, 0.4) is 0 Å². The fourth-order valence-electron chi connectivity index (χ4n) is 3.06. The molecule has 3 N–H and O–H groups in total. The quantitative estimate of drug-likeness (QED) is 0.640. The standard InChI is InChI=1S/C20H22ClN3O/c21-16-11-13-18(14-12-16)23-20(22-17-9-5-2-6-10-17)24-19(25)15-7-3-1-4-8-15/h1,3-4,7-8,11-14,17H,2,5-6,9-10H2,(H2,22,23,24,25)/p+1. The van der Waals surface area contributed by atoms with Gasteiger partial charge in [-0.15, -0.1) is 0 Å². The van der Waals surface area contributed by atoms with Gasteiger partial charge in [-0.25, -0.2) is 0 Å². The number of hydrogen-bond acceptors (Lipinski definition) is 2. The van der Waals surface area contributed by atoms with E-state index in [4.69, 9.17) is 11.6 Å². The number of carbonyl (C=O) groups excluding carboxylic acids is 1. The summed E-state index contributed by atoms with van der Waals surface area (Å²) in [6.45, 7) is 0. The lowest BCUT2D eigenvalue weighted by Crippen LogP contribution is -2.96. The number of nitrogens with one attached hydrogen (secondary N) is 1. The Bertz CT molecular complexity index is 722. The molecule has 3 rings (SSSR count). The number of quaternary nitrogens is 1. The van der Waals surface area contributed by atoms with Crippen molar-refractivity contribution in [3.8, 4) is 0 Å². The Balaban J connectivity index is 1.77. The highest BCUT2D eigenvalue weighted by molar-refractivity contribution is 6.30. The summed E-state index contributed by atoms with van der Waals surface area (Å²) in [5.41, 5.74) is 1.41. The highest BCUT2D eigenvalue weighted by Gasteiger charge is 2.21. The number of rotatable bonds is 3. The molecule has 0 aromatic heterocycles. The third-order valence-corrected chi connectivity index (χ3v) is 4.65. The molecule has 0 heterocycles. The smallest absolute Gasteiger partial charge is 0.279 e. The molecule has 0 spiro atoms. The zero-order valence-corrected chi connectivity index (χ0v) is 14.9. The molecule has 0 bridgehead atoms. The van der Waals surface area contributed by atoms with Gasteiger partial charge >= 0.3 is 5.96 Å². The molecule has 1 fully saturated rings. The molecule has 2 aromatic rings. The van der Waals surface area contributed by atoms with Gasteiger partial charge in [-0.05, 0) is 62.1 Å². The Hall–Kier alpha value is -2.17. The Labute approximate surface area is 153 Å².